The van der Waals surface area contributed by atoms with Crippen LogP contribution in [0.15, 0.2) is 71.2 Å². The number of carbonyl (C=O) groups is 2. The Morgan fingerprint density at radius 1 is 0.939 bits per heavy atom. The molecule has 1 aliphatic rings. The smallest absolute Gasteiger partial charge is 0.289 e. The van der Waals surface area contributed by atoms with Crippen LogP contribution in [0.3, 0.4) is 0 Å². The van der Waals surface area contributed by atoms with Crippen LogP contribution in [0.2, 0.25) is 5.02 Å². The van der Waals surface area contributed by atoms with Crippen molar-refractivity contribution in [3.05, 3.63) is 92.9 Å². The lowest BCUT2D eigenvalue weighted by Crippen LogP contribution is -2.31. The maximum Gasteiger partial charge on any atom is 0.289 e. The van der Waals surface area contributed by atoms with Gasteiger partial charge in [-0.1, -0.05) is 69.6 Å². The molecule has 0 spiro atoms. The van der Waals surface area contributed by atoms with Crippen LogP contribution in [0.1, 0.15) is 16.7 Å². The van der Waals surface area contributed by atoms with Gasteiger partial charge in [0, 0.05) is 9.50 Å². The van der Waals surface area contributed by atoms with Gasteiger partial charge >= 0.3 is 0 Å². The summed E-state index contributed by atoms with van der Waals surface area (Å²) in [7, 11) is 1.58. The van der Waals surface area contributed by atoms with E-state index in [1.165, 1.54) is 4.90 Å². The molecule has 2 amide bonds. The van der Waals surface area contributed by atoms with Crippen LogP contribution in [0.25, 0.3) is 0 Å². The van der Waals surface area contributed by atoms with Gasteiger partial charge in [-0.3, -0.25) is 14.5 Å². The fraction of sp³-hybridized carbons (Fsp3) is 0.200. The number of rotatable bonds is 8. The monoisotopic (exact) mass is 545 g/mol. The Hall–Kier alpha value is -2.48. The second-order valence-corrected chi connectivity index (χ2v) is 10.0. The molecule has 33 heavy (non-hydrogen) atoms. The summed E-state index contributed by atoms with van der Waals surface area (Å²) in [5, 5.41) is -0.0892. The fourth-order valence-corrected chi connectivity index (χ4v) is 4.88. The van der Waals surface area contributed by atoms with E-state index < -0.39 is 5.25 Å². The van der Waals surface area contributed by atoms with E-state index in [-0.39, 0.29) is 17.7 Å². The number of carbonyl (C=O) groups excluding carboxylic acids is 2. The summed E-state index contributed by atoms with van der Waals surface area (Å²) in [5.74, 6) is 1.02. The first-order valence-corrected chi connectivity index (χ1v) is 12.3. The number of halogens is 2. The number of methoxy groups -OCH3 is 1. The van der Waals surface area contributed by atoms with Gasteiger partial charge in [0.05, 0.1) is 18.9 Å². The number of benzene rings is 3. The number of imide groups is 1. The third-order valence-electron chi connectivity index (χ3n) is 5.22. The van der Waals surface area contributed by atoms with Crippen molar-refractivity contribution in [2.75, 3.05) is 7.11 Å². The van der Waals surface area contributed by atoms with E-state index in [1.54, 1.807) is 19.2 Å². The second kappa shape index (κ2) is 10.6. The van der Waals surface area contributed by atoms with Gasteiger partial charge in [-0.15, -0.1) is 0 Å². The summed E-state index contributed by atoms with van der Waals surface area (Å²) < 4.78 is 12.4. The average molecular weight is 547 g/mol. The molecule has 3 aromatic rings. The van der Waals surface area contributed by atoms with Gasteiger partial charge < -0.3 is 9.47 Å². The third-order valence-corrected chi connectivity index (χ3v) is 7.07. The summed E-state index contributed by atoms with van der Waals surface area (Å²) >= 11 is 10.4. The van der Waals surface area contributed by atoms with Gasteiger partial charge in [0.1, 0.15) is 6.61 Å². The molecule has 8 heteroatoms. The fourth-order valence-electron chi connectivity index (χ4n) is 3.46. The van der Waals surface area contributed by atoms with Crippen molar-refractivity contribution < 1.29 is 19.1 Å². The molecule has 0 N–H and O–H groups in total. The predicted octanol–water partition coefficient (Wildman–Crippen LogP) is 6.50. The Bertz CT molecular complexity index is 1150. The molecule has 1 atom stereocenters. The van der Waals surface area contributed by atoms with Crippen molar-refractivity contribution in [3.8, 4) is 11.5 Å². The number of nitrogens with zero attached hydrogens (tertiary/aromatic N) is 1. The van der Waals surface area contributed by atoms with E-state index in [0.717, 1.165) is 32.9 Å². The van der Waals surface area contributed by atoms with Gasteiger partial charge in [-0.2, -0.15) is 0 Å². The summed E-state index contributed by atoms with van der Waals surface area (Å²) in [5.41, 5.74) is 2.79. The number of amides is 2. The van der Waals surface area contributed by atoms with E-state index in [1.807, 2.05) is 54.6 Å². The van der Waals surface area contributed by atoms with E-state index >= 15 is 0 Å². The molecular weight excluding hydrogens is 526 g/mol. The molecular formula is C25H21BrClNO4S. The van der Waals surface area contributed by atoms with E-state index in [9.17, 15) is 9.59 Å². The lowest BCUT2D eigenvalue weighted by Gasteiger charge is -2.15. The molecule has 3 aromatic carbocycles. The van der Waals surface area contributed by atoms with E-state index in [4.69, 9.17) is 21.1 Å². The highest BCUT2D eigenvalue weighted by Gasteiger charge is 2.39. The minimum absolute atomic E-state index is 0.186. The molecule has 0 saturated carbocycles. The molecule has 0 aliphatic carbocycles. The Morgan fingerprint density at radius 3 is 2.30 bits per heavy atom. The Labute approximate surface area is 210 Å². The normalized spacial score (nSPS) is 15.7. The average Bonchev–Trinajstić information content (AvgIpc) is 3.07. The Morgan fingerprint density at radius 2 is 1.61 bits per heavy atom. The zero-order valence-electron chi connectivity index (χ0n) is 17.8. The molecule has 0 radical (unpaired) electrons. The van der Waals surface area contributed by atoms with Crippen LogP contribution in [0, 0.1) is 0 Å². The van der Waals surface area contributed by atoms with Crippen molar-refractivity contribution >= 4 is 50.4 Å². The maximum atomic E-state index is 12.9. The summed E-state index contributed by atoms with van der Waals surface area (Å²) in [4.78, 5) is 26.7. The summed E-state index contributed by atoms with van der Waals surface area (Å²) in [6.07, 6.45) is 0.426. The quantitative estimate of drug-likeness (QED) is 0.323. The van der Waals surface area contributed by atoms with Gasteiger partial charge in [0.25, 0.3) is 5.24 Å². The van der Waals surface area contributed by atoms with Crippen LogP contribution < -0.4 is 9.47 Å². The number of hydrogen-bond donors (Lipinski definition) is 0. The number of hydrogen-bond acceptors (Lipinski definition) is 5. The Balaban J connectivity index is 1.40. The molecule has 1 heterocycles. The predicted molar refractivity (Wildman–Crippen MR) is 134 cm³/mol. The highest BCUT2D eigenvalue weighted by atomic mass is 79.9. The Kier molecular flexibility index (Phi) is 7.63. The summed E-state index contributed by atoms with van der Waals surface area (Å²) in [6, 6.07) is 20.6. The molecule has 0 bridgehead atoms. The molecule has 0 aromatic heterocycles. The summed E-state index contributed by atoms with van der Waals surface area (Å²) in [6.45, 7) is 0.651. The molecule has 1 fully saturated rings. The first-order valence-electron chi connectivity index (χ1n) is 10.2. The molecule has 5 nitrogen and oxygen atoms in total. The van der Waals surface area contributed by atoms with Crippen molar-refractivity contribution in [3.63, 3.8) is 0 Å². The standard InChI is InChI=1S/C25H21BrClNO4S/c1-31-22-12-18(6-11-21(22)32-15-17-2-7-19(26)8-3-17)13-23-24(29)28(25(30)33-23)14-16-4-9-20(27)10-5-16/h2-12,23H,13-15H2,1H3/t23-/m1/s1. The van der Waals surface area contributed by atoms with Crippen LogP contribution in [0.4, 0.5) is 4.79 Å². The lowest BCUT2D eigenvalue weighted by molar-refractivity contribution is -0.127. The lowest BCUT2D eigenvalue weighted by atomic mass is 10.1. The zero-order valence-corrected chi connectivity index (χ0v) is 21.0. The largest absolute Gasteiger partial charge is 0.493 e. The molecule has 170 valence electrons. The van der Waals surface area contributed by atoms with E-state index in [0.29, 0.717) is 29.5 Å². The SMILES string of the molecule is COc1cc(C[C@H]2SC(=O)N(Cc3ccc(Cl)cc3)C2=O)ccc1OCc1ccc(Br)cc1. The third kappa shape index (κ3) is 5.91. The van der Waals surface area contributed by atoms with Crippen molar-refractivity contribution in [2.45, 2.75) is 24.8 Å². The van der Waals surface area contributed by atoms with Crippen molar-refractivity contribution in [1.82, 2.24) is 4.90 Å². The van der Waals surface area contributed by atoms with Crippen molar-refractivity contribution in [2.24, 2.45) is 0 Å². The molecule has 1 aliphatic heterocycles. The second-order valence-electron chi connectivity index (χ2n) is 7.53. The number of ether oxygens (including phenoxy) is 2. The molecule has 1 saturated heterocycles. The molecule has 4 rings (SSSR count). The van der Waals surface area contributed by atoms with Crippen LogP contribution >= 0.6 is 39.3 Å². The van der Waals surface area contributed by atoms with E-state index in [2.05, 4.69) is 15.9 Å². The minimum Gasteiger partial charge on any atom is -0.493 e. The van der Waals surface area contributed by atoms with Crippen LogP contribution in [0.5, 0.6) is 11.5 Å². The maximum absolute atomic E-state index is 12.9. The van der Waals surface area contributed by atoms with Gasteiger partial charge in [0.15, 0.2) is 11.5 Å². The van der Waals surface area contributed by atoms with Gasteiger partial charge in [0.2, 0.25) is 5.91 Å². The highest BCUT2D eigenvalue weighted by Crippen LogP contribution is 2.34. The molecule has 0 unspecified atom stereocenters. The zero-order chi connectivity index (χ0) is 23.4. The van der Waals surface area contributed by atoms with Crippen molar-refractivity contribution in [1.29, 1.82) is 0 Å². The number of thioether (sulfide) groups is 1. The minimum atomic E-state index is -0.468. The van der Waals surface area contributed by atoms with Crippen LogP contribution in [-0.4, -0.2) is 28.4 Å². The first kappa shape index (κ1) is 23.7. The van der Waals surface area contributed by atoms with Crippen LogP contribution in [-0.2, 0) is 24.4 Å². The first-order chi connectivity index (χ1) is 15.9. The van der Waals surface area contributed by atoms with Gasteiger partial charge in [-0.05, 0) is 59.5 Å². The topological polar surface area (TPSA) is 55.8 Å². The highest BCUT2D eigenvalue weighted by molar-refractivity contribution is 9.10. The van der Waals surface area contributed by atoms with Gasteiger partial charge in [-0.25, -0.2) is 0 Å².